The van der Waals surface area contributed by atoms with Crippen LogP contribution in [0, 0.1) is 0 Å². The van der Waals surface area contributed by atoms with Crippen LogP contribution in [0.4, 0.5) is 4.79 Å². The van der Waals surface area contributed by atoms with Crippen molar-refractivity contribution in [1.29, 1.82) is 0 Å². The molecule has 23 heavy (non-hydrogen) atoms. The third-order valence-corrected chi connectivity index (χ3v) is 4.67. The molecule has 0 saturated carbocycles. The van der Waals surface area contributed by atoms with Gasteiger partial charge in [-0.25, -0.2) is 13.2 Å². The predicted octanol–water partition coefficient (Wildman–Crippen LogP) is 1.97. The van der Waals surface area contributed by atoms with Crippen LogP contribution in [0.15, 0.2) is 29.2 Å². The van der Waals surface area contributed by atoms with Crippen LogP contribution < -0.4 is 5.32 Å². The zero-order valence-electron chi connectivity index (χ0n) is 14.0. The fraction of sp³-hybridized carbons (Fsp3) is 0.562. The molecule has 1 saturated heterocycles. The Kier molecular flexibility index (Phi) is 5.01. The topological polar surface area (TPSA) is 75.7 Å². The van der Waals surface area contributed by atoms with Gasteiger partial charge in [0, 0.05) is 25.9 Å². The largest absolute Gasteiger partial charge is 0.444 e. The van der Waals surface area contributed by atoms with E-state index in [0.717, 1.165) is 5.56 Å². The molecule has 128 valence electrons. The van der Waals surface area contributed by atoms with E-state index in [4.69, 9.17) is 4.74 Å². The first-order chi connectivity index (χ1) is 10.6. The van der Waals surface area contributed by atoms with E-state index < -0.39 is 15.4 Å². The van der Waals surface area contributed by atoms with Crippen molar-refractivity contribution < 1.29 is 17.9 Å². The number of nitrogens with one attached hydrogen (secondary N) is 1. The van der Waals surface area contributed by atoms with E-state index in [2.05, 4.69) is 5.32 Å². The number of amides is 1. The SMILES string of the molecule is CC(C)(C)OC(=O)N1CCN[C@H](c2ccc(S(C)(=O)=O)cc2)C1. The normalized spacial score (nSPS) is 19.5. The van der Waals surface area contributed by atoms with Gasteiger partial charge in [0.05, 0.1) is 10.9 Å². The number of carbonyl (C=O) groups is 1. The molecule has 1 N–H and O–H groups in total. The molecule has 1 aliphatic rings. The number of rotatable bonds is 2. The van der Waals surface area contributed by atoms with Crippen molar-refractivity contribution in [2.75, 3.05) is 25.9 Å². The highest BCUT2D eigenvalue weighted by Crippen LogP contribution is 2.21. The van der Waals surface area contributed by atoms with Gasteiger partial charge in [-0.2, -0.15) is 0 Å². The summed E-state index contributed by atoms with van der Waals surface area (Å²) in [6.45, 7) is 7.27. The summed E-state index contributed by atoms with van der Waals surface area (Å²) in [5, 5.41) is 3.34. The van der Waals surface area contributed by atoms with Crippen molar-refractivity contribution in [2.24, 2.45) is 0 Å². The van der Waals surface area contributed by atoms with E-state index in [9.17, 15) is 13.2 Å². The van der Waals surface area contributed by atoms with Gasteiger partial charge < -0.3 is 15.0 Å². The molecule has 2 rings (SSSR count). The molecule has 1 aromatic rings. The molecule has 1 fully saturated rings. The first kappa shape index (κ1) is 17.7. The molecule has 0 spiro atoms. The fourth-order valence-electron chi connectivity index (χ4n) is 2.41. The minimum Gasteiger partial charge on any atom is -0.444 e. The number of carbonyl (C=O) groups excluding carboxylic acids is 1. The number of piperazine rings is 1. The molecule has 0 radical (unpaired) electrons. The van der Waals surface area contributed by atoms with Gasteiger partial charge in [0.1, 0.15) is 5.60 Å². The van der Waals surface area contributed by atoms with Crippen LogP contribution in [0.2, 0.25) is 0 Å². The summed E-state index contributed by atoms with van der Waals surface area (Å²) in [7, 11) is -3.20. The third-order valence-electron chi connectivity index (χ3n) is 3.54. The highest BCUT2D eigenvalue weighted by Gasteiger charge is 2.28. The summed E-state index contributed by atoms with van der Waals surface area (Å²) in [5.41, 5.74) is 0.430. The number of hydrogen-bond donors (Lipinski definition) is 1. The van der Waals surface area contributed by atoms with E-state index in [1.807, 2.05) is 20.8 Å². The smallest absolute Gasteiger partial charge is 0.410 e. The zero-order valence-corrected chi connectivity index (χ0v) is 14.8. The Bertz CT molecular complexity index is 662. The van der Waals surface area contributed by atoms with Crippen molar-refractivity contribution in [3.63, 3.8) is 0 Å². The van der Waals surface area contributed by atoms with Gasteiger partial charge in [0.2, 0.25) is 0 Å². The summed E-state index contributed by atoms with van der Waals surface area (Å²) in [4.78, 5) is 14.1. The lowest BCUT2D eigenvalue weighted by atomic mass is 10.0. The Balaban J connectivity index is 2.08. The summed E-state index contributed by atoms with van der Waals surface area (Å²) < 4.78 is 28.4. The molecule has 0 aromatic heterocycles. The van der Waals surface area contributed by atoms with Gasteiger partial charge in [-0.05, 0) is 38.5 Å². The van der Waals surface area contributed by atoms with Crippen LogP contribution in [0.25, 0.3) is 0 Å². The summed E-state index contributed by atoms with van der Waals surface area (Å²) in [5.74, 6) is 0. The van der Waals surface area contributed by atoms with E-state index in [1.54, 1.807) is 29.2 Å². The first-order valence-electron chi connectivity index (χ1n) is 7.57. The Morgan fingerprint density at radius 1 is 1.26 bits per heavy atom. The minimum atomic E-state index is -3.20. The second-order valence-corrected chi connectivity index (χ2v) is 8.79. The number of benzene rings is 1. The lowest BCUT2D eigenvalue weighted by Gasteiger charge is -2.35. The molecular weight excluding hydrogens is 316 g/mol. The van der Waals surface area contributed by atoms with E-state index in [-0.39, 0.29) is 12.1 Å². The lowest BCUT2D eigenvalue weighted by Crippen LogP contribution is -2.49. The maximum Gasteiger partial charge on any atom is 0.410 e. The van der Waals surface area contributed by atoms with Crippen molar-refractivity contribution in [3.8, 4) is 0 Å². The quantitative estimate of drug-likeness (QED) is 0.891. The molecule has 0 unspecified atom stereocenters. The van der Waals surface area contributed by atoms with Crippen molar-refractivity contribution in [2.45, 2.75) is 37.3 Å². The Morgan fingerprint density at radius 3 is 2.39 bits per heavy atom. The van der Waals surface area contributed by atoms with Gasteiger partial charge in [-0.3, -0.25) is 0 Å². The van der Waals surface area contributed by atoms with Gasteiger partial charge in [-0.1, -0.05) is 12.1 Å². The number of ether oxygens (including phenoxy) is 1. The molecule has 0 bridgehead atoms. The van der Waals surface area contributed by atoms with Crippen molar-refractivity contribution in [3.05, 3.63) is 29.8 Å². The van der Waals surface area contributed by atoms with Crippen LogP contribution in [0.1, 0.15) is 32.4 Å². The standard InChI is InChI=1S/C16H24N2O4S/c1-16(2,3)22-15(19)18-10-9-17-14(11-18)12-5-7-13(8-6-12)23(4,20)21/h5-8,14,17H,9-11H2,1-4H3/t14-/m0/s1. The monoisotopic (exact) mass is 340 g/mol. The van der Waals surface area contributed by atoms with Gasteiger partial charge in [0.15, 0.2) is 9.84 Å². The average molecular weight is 340 g/mol. The highest BCUT2D eigenvalue weighted by molar-refractivity contribution is 7.90. The summed E-state index contributed by atoms with van der Waals surface area (Å²) in [6.07, 6.45) is 0.863. The fourth-order valence-corrected chi connectivity index (χ4v) is 3.04. The second-order valence-electron chi connectivity index (χ2n) is 6.77. The Hall–Kier alpha value is -1.60. The van der Waals surface area contributed by atoms with Crippen LogP contribution in [0.5, 0.6) is 0 Å². The number of nitrogens with zero attached hydrogens (tertiary/aromatic N) is 1. The second kappa shape index (κ2) is 6.49. The maximum absolute atomic E-state index is 12.2. The van der Waals surface area contributed by atoms with Gasteiger partial charge in [-0.15, -0.1) is 0 Å². The van der Waals surface area contributed by atoms with Crippen LogP contribution >= 0.6 is 0 Å². The zero-order chi connectivity index (χ0) is 17.3. The summed E-state index contributed by atoms with van der Waals surface area (Å²) >= 11 is 0. The molecular formula is C16H24N2O4S. The third kappa shape index (κ3) is 4.94. The van der Waals surface area contributed by atoms with Crippen LogP contribution in [-0.2, 0) is 14.6 Å². The molecule has 6 nitrogen and oxygen atoms in total. The number of sulfone groups is 1. The molecule has 1 atom stereocenters. The first-order valence-corrected chi connectivity index (χ1v) is 9.47. The van der Waals surface area contributed by atoms with Crippen LogP contribution in [0.3, 0.4) is 0 Å². The molecule has 1 aromatic carbocycles. The van der Waals surface area contributed by atoms with E-state index in [1.165, 1.54) is 6.26 Å². The van der Waals surface area contributed by atoms with Crippen molar-refractivity contribution >= 4 is 15.9 Å². The van der Waals surface area contributed by atoms with Crippen LogP contribution in [-0.4, -0.2) is 50.9 Å². The minimum absolute atomic E-state index is 0.0371. The molecule has 1 heterocycles. The molecule has 7 heteroatoms. The average Bonchev–Trinajstić information content (AvgIpc) is 2.45. The molecule has 0 aliphatic carbocycles. The van der Waals surface area contributed by atoms with Gasteiger partial charge in [0.25, 0.3) is 0 Å². The lowest BCUT2D eigenvalue weighted by molar-refractivity contribution is 0.0195. The van der Waals surface area contributed by atoms with Gasteiger partial charge >= 0.3 is 6.09 Å². The molecule has 1 amide bonds. The number of hydrogen-bond acceptors (Lipinski definition) is 5. The summed E-state index contributed by atoms with van der Waals surface area (Å²) in [6, 6.07) is 6.72. The van der Waals surface area contributed by atoms with E-state index >= 15 is 0 Å². The predicted molar refractivity (Wildman–Crippen MR) is 88.1 cm³/mol. The highest BCUT2D eigenvalue weighted by atomic mass is 32.2. The van der Waals surface area contributed by atoms with E-state index in [0.29, 0.717) is 24.5 Å². The Morgan fingerprint density at radius 2 is 1.87 bits per heavy atom. The maximum atomic E-state index is 12.2. The van der Waals surface area contributed by atoms with Crippen molar-refractivity contribution in [1.82, 2.24) is 10.2 Å². The molecule has 1 aliphatic heterocycles. The Labute approximate surface area is 137 Å².